The molecule has 3 fully saturated rings. The molecule has 2 aliphatic heterocycles. The number of hydrogen-bond donors (Lipinski definition) is 1. The van der Waals surface area contributed by atoms with Crippen LogP contribution in [0.2, 0.25) is 0 Å². The molecule has 3 aromatic rings. The maximum absolute atomic E-state index is 15.1. The second kappa shape index (κ2) is 7.62. The highest BCUT2D eigenvalue weighted by Crippen LogP contribution is 2.39. The monoisotopic (exact) mass is 433 g/mol. The van der Waals surface area contributed by atoms with E-state index in [9.17, 15) is 4.79 Å². The first-order chi connectivity index (χ1) is 15.6. The third kappa shape index (κ3) is 3.56. The van der Waals surface area contributed by atoms with E-state index >= 15 is 4.39 Å². The van der Waals surface area contributed by atoms with Crippen LogP contribution in [0.3, 0.4) is 0 Å². The molecule has 166 valence electrons. The first-order valence-electron chi connectivity index (χ1n) is 11.6. The van der Waals surface area contributed by atoms with Crippen molar-refractivity contribution < 1.29 is 9.13 Å². The minimum absolute atomic E-state index is 0.152. The minimum Gasteiger partial charge on any atom is -0.493 e. The van der Waals surface area contributed by atoms with E-state index in [0.29, 0.717) is 22.7 Å². The summed E-state index contributed by atoms with van der Waals surface area (Å²) in [4.78, 5) is 15.3. The fourth-order valence-corrected chi connectivity index (χ4v) is 5.20. The molecular formula is C26H28FN3O2. The van der Waals surface area contributed by atoms with Crippen LogP contribution in [0.5, 0.6) is 5.75 Å². The van der Waals surface area contributed by atoms with E-state index in [4.69, 9.17) is 4.74 Å². The Morgan fingerprint density at radius 3 is 2.81 bits per heavy atom. The highest BCUT2D eigenvalue weighted by molar-refractivity contribution is 5.83. The summed E-state index contributed by atoms with van der Waals surface area (Å²) in [5.41, 5.74) is 1.30. The molecule has 1 saturated carbocycles. The molecule has 1 aromatic heterocycles. The molecule has 3 heterocycles. The Morgan fingerprint density at radius 2 is 2.03 bits per heavy atom. The summed E-state index contributed by atoms with van der Waals surface area (Å²) in [6.07, 6.45) is 6.45. The Hall–Kier alpha value is -2.86. The van der Waals surface area contributed by atoms with Crippen molar-refractivity contribution in [2.24, 2.45) is 11.3 Å². The van der Waals surface area contributed by atoms with Gasteiger partial charge in [0.15, 0.2) is 0 Å². The largest absolute Gasteiger partial charge is 0.493 e. The van der Waals surface area contributed by atoms with E-state index in [1.165, 1.54) is 23.5 Å². The molecule has 6 rings (SSSR count). The zero-order chi connectivity index (χ0) is 21.7. The number of rotatable bonds is 5. The Morgan fingerprint density at radius 1 is 1.12 bits per heavy atom. The summed E-state index contributed by atoms with van der Waals surface area (Å²) in [5, 5.41) is 4.88. The summed E-state index contributed by atoms with van der Waals surface area (Å²) < 4.78 is 22.5. The van der Waals surface area contributed by atoms with Crippen molar-refractivity contribution in [2.75, 3.05) is 37.7 Å². The Bertz CT molecular complexity index is 1230. The Balaban J connectivity index is 1.26. The van der Waals surface area contributed by atoms with Crippen LogP contribution in [0, 0.1) is 17.2 Å². The number of ether oxygens (including phenoxy) is 1. The van der Waals surface area contributed by atoms with Crippen molar-refractivity contribution in [3.63, 3.8) is 0 Å². The second-order valence-electron chi connectivity index (χ2n) is 9.73. The predicted molar refractivity (Wildman–Crippen MR) is 124 cm³/mol. The number of hydrogen-bond acceptors (Lipinski definition) is 4. The number of halogens is 1. The smallest absolute Gasteiger partial charge is 0.262 e. The third-order valence-electron chi connectivity index (χ3n) is 7.38. The summed E-state index contributed by atoms with van der Waals surface area (Å²) in [6, 6.07) is 12.6. The van der Waals surface area contributed by atoms with Gasteiger partial charge in [-0.1, -0.05) is 0 Å². The standard InChI is InChI=1S/C26H28FN3O2/c27-23-14-20(3-6-24(23)29-12-9-26(17-29)8-10-28-16-26)30-11-7-19-13-21(32-15-18-1-2-18)4-5-22(19)25(30)31/h3-7,11,13-14,18,28H,1-2,8-10,12,15-17H2. The number of aromatic nitrogens is 1. The lowest BCUT2D eigenvalue weighted by Crippen LogP contribution is -2.29. The van der Waals surface area contributed by atoms with Gasteiger partial charge in [-0.25, -0.2) is 4.39 Å². The topological polar surface area (TPSA) is 46.5 Å². The lowest BCUT2D eigenvalue weighted by atomic mass is 9.86. The first kappa shape index (κ1) is 19.8. The van der Waals surface area contributed by atoms with Gasteiger partial charge < -0.3 is 15.0 Å². The molecule has 1 atom stereocenters. The third-order valence-corrected chi connectivity index (χ3v) is 7.38. The van der Waals surface area contributed by atoms with Gasteiger partial charge in [-0.2, -0.15) is 0 Å². The summed E-state index contributed by atoms with van der Waals surface area (Å²) in [6.45, 7) is 4.57. The van der Waals surface area contributed by atoms with Crippen molar-refractivity contribution in [3.8, 4) is 11.4 Å². The molecule has 5 nitrogen and oxygen atoms in total. The number of nitrogens with one attached hydrogen (secondary N) is 1. The van der Waals surface area contributed by atoms with Gasteiger partial charge in [0, 0.05) is 42.7 Å². The minimum atomic E-state index is -0.277. The van der Waals surface area contributed by atoms with Gasteiger partial charge in [0.1, 0.15) is 11.6 Å². The maximum Gasteiger partial charge on any atom is 0.262 e. The SMILES string of the molecule is O=c1c2ccc(OCC3CC3)cc2ccn1-c1ccc(N2CCC3(CCNC3)C2)c(F)c1. The molecule has 2 saturated heterocycles. The fourth-order valence-electron chi connectivity index (χ4n) is 5.20. The molecule has 32 heavy (non-hydrogen) atoms. The summed E-state index contributed by atoms with van der Waals surface area (Å²) in [7, 11) is 0. The van der Waals surface area contributed by atoms with Crippen molar-refractivity contribution in [3.05, 3.63) is 64.8 Å². The van der Waals surface area contributed by atoms with Crippen molar-refractivity contribution in [1.82, 2.24) is 9.88 Å². The maximum atomic E-state index is 15.1. The fraction of sp³-hybridized carbons (Fsp3) is 0.423. The number of anilines is 1. The Labute approximate surface area is 186 Å². The van der Waals surface area contributed by atoms with Crippen LogP contribution in [-0.4, -0.2) is 37.4 Å². The van der Waals surface area contributed by atoms with Crippen LogP contribution in [0.15, 0.2) is 53.5 Å². The van der Waals surface area contributed by atoms with E-state index in [0.717, 1.165) is 56.8 Å². The highest BCUT2D eigenvalue weighted by Gasteiger charge is 2.40. The molecule has 1 spiro atoms. The van der Waals surface area contributed by atoms with Gasteiger partial charge in [-0.3, -0.25) is 9.36 Å². The van der Waals surface area contributed by atoms with Crippen LogP contribution >= 0.6 is 0 Å². The molecule has 2 aromatic carbocycles. The first-order valence-corrected chi connectivity index (χ1v) is 11.6. The average Bonchev–Trinajstić information content (AvgIpc) is 3.38. The lowest BCUT2D eigenvalue weighted by Gasteiger charge is -2.24. The van der Waals surface area contributed by atoms with Crippen molar-refractivity contribution in [1.29, 1.82) is 0 Å². The van der Waals surface area contributed by atoms with Crippen LogP contribution in [-0.2, 0) is 0 Å². The van der Waals surface area contributed by atoms with Gasteiger partial charge in [-0.15, -0.1) is 0 Å². The zero-order valence-corrected chi connectivity index (χ0v) is 18.1. The van der Waals surface area contributed by atoms with E-state index in [1.54, 1.807) is 12.3 Å². The number of nitrogens with zero attached hydrogens (tertiary/aromatic N) is 2. The van der Waals surface area contributed by atoms with Crippen LogP contribution in [0.4, 0.5) is 10.1 Å². The Kier molecular flexibility index (Phi) is 4.72. The zero-order valence-electron chi connectivity index (χ0n) is 18.1. The highest BCUT2D eigenvalue weighted by atomic mass is 19.1. The van der Waals surface area contributed by atoms with Crippen LogP contribution < -0.4 is 20.5 Å². The van der Waals surface area contributed by atoms with Gasteiger partial charge in [0.2, 0.25) is 0 Å². The van der Waals surface area contributed by atoms with Crippen molar-refractivity contribution >= 4 is 16.5 Å². The molecule has 0 amide bonds. The van der Waals surface area contributed by atoms with Crippen LogP contribution in [0.1, 0.15) is 25.7 Å². The van der Waals surface area contributed by atoms with E-state index in [1.807, 2.05) is 30.3 Å². The van der Waals surface area contributed by atoms with Crippen molar-refractivity contribution in [2.45, 2.75) is 25.7 Å². The molecule has 0 radical (unpaired) electrons. The normalized spacial score (nSPS) is 22.8. The predicted octanol–water partition coefficient (Wildman–Crippen LogP) is 4.11. The van der Waals surface area contributed by atoms with Gasteiger partial charge >= 0.3 is 0 Å². The molecule has 6 heteroatoms. The average molecular weight is 434 g/mol. The summed E-state index contributed by atoms with van der Waals surface area (Å²) >= 11 is 0. The molecule has 1 unspecified atom stereocenters. The molecule has 0 bridgehead atoms. The van der Waals surface area contributed by atoms with E-state index < -0.39 is 0 Å². The van der Waals surface area contributed by atoms with E-state index in [-0.39, 0.29) is 16.8 Å². The molecule has 1 aliphatic carbocycles. The lowest BCUT2D eigenvalue weighted by molar-refractivity contribution is 0.300. The number of fused-ring (bicyclic) bond motifs is 1. The molecule has 3 aliphatic rings. The quantitative estimate of drug-likeness (QED) is 0.658. The van der Waals surface area contributed by atoms with Gasteiger partial charge in [0.25, 0.3) is 5.56 Å². The molecule has 1 N–H and O–H groups in total. The van der Waals surface area contributed by atoms with Crippen LogP contribution in [0.25, 0.3) is 16.5 Å². The van der Waals surface area contributed by atoms with E-state index in [2.05, 4.69) is 10.2 Å². The van der Waals surface area contributed by atoms with Gasteiger partial charge in [-0.05, 0) is 79.9 Å². The molecular weight excluding hydrogens is 405 g/mol. The number of benzene rings is 2. The number of pyridine rings is 1. The van der Waals surface area contributed by atoms with Gasteiger partial charge in [0.05, 0.1) is 18.0 Å². The second-order valence-corrected chi connectivity index (χ2v) is 9.73. The summed E-state index contributed by atoms with van der Waals surface area (Å²) in [5.74, 6) is 1.19.